The van der Waals surface area contributed by atoms with Gasteiger partial charge in [-0.3, -0.25) is 4.79 Å². The molecule has 0 saturated heterocycles. The van der Waals surface area contributed by atoms with Crippen LogP contribution in [0.3, 0.4) is 0 Å². The van der Waals surface area contributed by atoms with Crippen molar-refractivity contribution in [3.05, 3.63) is 93.9 Å². The zero-order chi connectivity index (χ0) is 21.5. The Balaban J connectivity index is 0.00000289. The highest BCUT2D eigenvalue weighted by Crippen LogP contribution is 2.32. The van der Waals surface area contributed by atoms with Crippen LogP contribution < -0.4 is 25.7 Å². The molecule has 4 rings (SSSR count). The van der Waals surface area contributed by atoms with Gasteiger partial charge in [-0.1, -0.05) is 36.4 Å². The van der Waals surface area contributed by atoms with Gasteiger partial charge < -0.3 is 24.7 Å². The number of benzene rings is 2. The number of fused-ring (bicyclic) bond motifs is 1. The number of hydrogen-bond donors (Lipinski definition) is 2. The molecule has 32 heavy (non-hydrogen) atoms. The van der Waals surface area contributed by atoms with Crippen molar-refractivity contribution >= 4 is 29.9 Å². The molecule has 0 unspecified atom stereocenters. The average molecular weight is 546 g/mol. The second-order valence-electron chi connectivity index (χ2n) is 7.22. The molecule has 7 nitrogen and oxygen atoms in total. The molecule has 1 aliphatic heterocycles. The monoisotopic (exact) mass is 546 g/mol. The molecule has 8 heteroatoms. The Bertz CT molecular complexity index is 1110. The molecular formula is C24H27IN4O3. The first-order valence-electron chi connectivity index (χ1n) is 10.4. The van der Waals surface area contributed by atoms with Crippen LogP contribution in [0.15, 0.2) is 76.6 Å². The van der Waals surface area contributed by atoms with Crippen molar-refractivity contribution in [1.82, 2.24) is 15.2 Å². The molecule has 2 heterocycles. The minimum atomic E-state index is 0. The fraction of sp³-hybridized carbons (Fsp3) is 0.250. The molecule has 0 atom stereocenters. The lowest BCUT2D eigenvalue weighted by Crippen LogP contribution is -2.36. The Morgan fingerprint density at radius 3 is 2.50 bits per heavy atom. The summed E-state index contributed by atoms with van der Waals surface area (Å²) in [6, 6.07) is 19.3. The maximum Gasteiger partial charge on any atom is 0.250 e. The van der Waals surface area contributed by atoms with E-state index in [4.69, 9.17) is 9.47 Å². The summed E-state index contributed by atoms with van der Waals surface area (Å²) >= 11 is 0. The van der Waals surface area contributed by atoms with Crippen molar-refractivity contribution in [3.8, 4) is 11.5 Å². The molecule has 1 aliphatic rings. The summed E-state index contributed by atoms with van der Waals surface area (Å²) in [5.41, 5.74) is 3.28. The lowest BCUT2D eigenvalue weighted by Gasteiger charge is -2.12. The van der Waals surface area contributed by atoms with Crippen LogP contribution in [0, 0.1) is 0 Å². The van der Waals surface area contributed by atoms with Gasteiger partial charge in [-0.05, 0) is 41.8 Å². The van der Waals surface area contributed by atoms with Crippen molar-refractivity contribution in [2.24, 2.45) is 4.99 Å². The van der Waals surface area contributed by atoms with Crippen LogP contribution in [0.4, 0.5) is 0 Å². The van der Waals surface area contributed by atoms with Crippen molar-refractivity contribution in [2.45, 2.75) is 26.6 Å². The number of nitrogens with zero attached hydrogens (tertiary/aromatic N) is 2. The number of aromatic nitrogens is 1. The van der Waals surface area contributed by atoms with Gasteiger partial charge in [0.1, 0.15) is 0 Å². The van der Waals surface area contributed by atoms with Crippen molar-refractivity contribution < 1.29 is 9.47 Å². The van der Waals surface area contributed by atoms with Crippen LogP contribution in [0.1, 0.15) is 23.6 Å². The molecule has 0 radical (unpaired) electrons. The van der Waals surface area contributed by atoms with Gasteiger partial charge in [0.05, 0.1) is 13.1 Å². The first kappa shape index (κ1) is 23.6. The molecule has 0 bridgehead atoms. The SMILES string of the molecule is CCNC(=NCc1ccc2c(c1)OCO2)NCc1ccc(Cn2ccccc2=O)cc1.I. The highest BCUT2D eigenvalue weighted by molar-refractivity contribution is 14.0. The summed E-state index contributed by atoms with van der Waals surface area (Å²) < 4.78 is 12.5. The fourth-order valence-corrected chi connectivity index (χ4v) is 3.29. The second-order valence-corrected chi connectivity index (χ2v) is 7.22. The highest BCUT2D eigenvalue weighted by Gasteiger charge is 2.13. The number of ether oxygens (including phenoxy) is 2. The van der Waals surface area contributed by atoms with Gasteiger partial charge in [0, 0.05) is 25.4 Å². The van der Waals surface area contributed by atoms with E-state index in [-0.39, 0.29) is 36.3 Å². The number of hydrogen-bond acceptors (Lipinski definition) is 4. The third-order valence-electron chi connectivity index (χ3n) is 4.94. The van der Waals surface area contributed by atoms with E-state index in [9.17, 15) is 4.79 Å². The molecule has 0 spiro atoms. The largest absolute Gasteiger partial charge is 0.454 e. The lowest BCUT2D eigenvalue weighted by atomic mass is 10.1. The second kappa shape index (κ2) is 11.6. The van der Waals surface area contributed by atoms with Gasteiger partial charge in [-0.2, -0.15) is 0 Å². The van der Waals surface area contributed by atoms with Crippen molar-refractivity contribution in [1.29, 1.82) is 0 Å². The maximum absolute atomic E-state index is 11.9. The van der Waals surface area contributed by atoms with Crippen LogP contribution in [-0.4, -0.2) is 23.9 Å². The third-order valence-corrected chi connectivity index (χ3v) is 4.94. The van der Waals surface area contributed by atoms with Crippen molar-refractivity contribution in [3.63, 3.8) is 0 Å². The maximum atomic E-state index is 11.9. The molecule has 0 fully saturated rings. The van der Waals surface area contributed by atoms with Gasteiger partial charge in [0.25, 0.3) is 5.56 Å². The topological polar surface area (TPSA) is 76.9 Å². The Morgan fingerprint density at radius 1 is 0.969 bits per heavy atom. The average Bonchev–Trinajstić information content (AvgIpc) is 3.26. The summed E-state index contributed by atoms with van der Waals surface area (Å²) in [4.78, 5) is 16.5. The fourth-order valence-electron chi connectivity index (χ4n) is 3.29. The first-order valence-corrected chi connectivity index (χ1v) is 10.4. The van der Waals surface area contributed by atoms with E-state index in [1.54, 1.807) is 22.9 Å². The Hall–Kier alpha value is -3.01. The van der Waals surface area contributed by atoms with E-state index < -0.39 is 0 Å². The molecule has 0 amide bonds. The highest BCUT2D eigenvalue weighted by atomic mass is 127. The summed E-state index contributed by atoms with van der Waals surface area (Å²) in [6.07, 6.45) is 1.80. The summed E-state index contributed by atoms with van der Waals surface area (Å²) in [5.74, 6) is 2.29. The smallest absolute Gasteiger partial charge is 0.250 e. The minimum absolute atomic E-state index is 0. The molecule has 0 aliphatic carbocycles. The van der Waals surface area contributed by atoms with Crippen LogP contribution in [0.2, 0.25) is 0 Å². The molecule has 2 aromatic carbocycles. The zero-order valence-corrected chi connectivity index (χ0v) is 20.2. The van der Waals surface area contributed by atoms with Crippen molar-refractivity contribution in [2.75, 3.05) is 13.3 Å². The minimum Gasteiger partial charge on any atom is -0.454 e. The van der Waals surface area contributed by atoms with E-state index >= 15 is 0 Å². The summed E-state index contributed by atoms with van der Waals surface area (Å²) in [6.45, 7) is 4.84. The standard InChI is InChI=1S/C24H26N4O3.HI/c1-2-25-24(27-15-20-10-11-21-22(13-20)31-17-30-21)26-14-18-6-8-19(9-7-18)16-28-12-4-3-5-23(28)29;/h3-13H,2,14-17H2,1H3,(H2,25,26,27);1H. The number of pyridine rings is 1. The predicted molar refractivity (Wildman–Crippen MR) is 136 cm³/mol. The lowest BCUT2D eigenvalue weighted by molar-refractivity contribution is 0.174. The quantitative estimate of drug-likeness (QED) is 0.270. The molecule has 0 saturated carbocycles. The number of halogens is 1. The predicted octanol–water partition coefficient (Wildman–Crippen LogP) is 3.50. The Morgan fingerprint density at radius 2 is 1.72 bits per heavy atom. The van der Waals surface area contributed by atoms with Crippen LogP contribution in [0.5, 0.6) is 11.5 Å². The first-order chi connectivity index (χ1) is 15.2. The van der Waals surface area contributed by atoms with E-state index in [2.05, 4.69) is 27.8 Å². The molecular weight excluding hydrogens is 519 g/mol. The van der Waals surface area contributed by atoms with Gasteiger partial charge in [-0.25, -0.2) is 4.99 Å². The van der Waals surface area contributed by atoms with E-state index in [1.807, 2.05) is 43.3 Å². The number of rotatable bonds is 7. The van der Waals surface area contributed by atoms with E-state index in [1.165, 1.54) is 0 Å². The van der Waals surface area contributed by atoms with Gasteiger partial charge in [0.2, 0.25) is 6.79 Å². The molecule has 2 N–H and O–H groups in total. The third kappa shape index (κ3) is 6.25. The van der Waals surface area contributed by atoms with E-state index in [0.29, 0.717) is 19.6 Å². The van der Waals surface area contributed by atoms with Crippen LogP contribution >= 0.6 is 24.0 Å². The van der Waals surface area contributed by atoms with Gasteiger partial charge in [-0.15, -0.1) is 24.0 Å². The normalized spacial score (nSPS) is 12.2. The molecule has 168 valence electrons. The number of aliphatic imine (C=N–C) groups is 1. The zero-order valence-electron chi connectivity index (χ0n) is 17.9. The molecule has 1 aromatic heterocycles. The van der Waals surface area contributed by atoms with E-state index in [0.717, 1.165) is 40.7 Å². The molecule has 3 aromatic rings. The van der Waals surface area contributed by atoms with Gasteiger partial charge >= 0.3 is 0 Å². The van der Waals surface area contributed by atoms with Gasteiger partial charge in [0.15, 0.2) is 17.5 Å². The Labute approximate surface area is 204 Å². The summed E-state index contributed by atoms with van der Waals surface area (Å²) in [5, 5.41) is 6.64. The van der Waals surface area contributed by atoms with Crippen LogP contribution in [0.25, 0.3) is 0 Å². The van der Waals surface area contributed by atoms with Crippen LogP contribution in [-0.2, 0) is 19.6 Å². The number of guanidine groups is 1. The summed E-state index contributed by atoms with van der Waals surface area (Å²) in [7, 11) is 0. The Kier molecular flexibility index (Phi) is 8.55. The number of nitrogens with one attached hydrogen (secondary N) is 2.